The fraction of sp³-hybridized carbons (Fsp3) is 0. The molecule has 0 saturated carbocycles. The summed E-state index contributed by atoms with van der Waals surface area (Å²) in [6.07, 6.45) is 1.37. The van der Waals surface area contributed by atoms with Crippen LogP contribution < -0.4 is 5.73 Å². The first-order chi connectivity index (χ1) is 9.26. The molecular weight excluding hydrogens is 246 g/mol. The van der Waals surface area contributed by atoms with Gasteiger partial charge in [-0.05, 0) is 22.4 Å². The summed E-state index contributed by atoms with van der Waals surface area (Å²) in [5.74, 6) is 0. The van der Waals surface area contributed by atoms with Crippen LogP contribution in [0.2, 0.25) is 0 Å². The predicted molar refractivity (Wildman–Crippen MR) is 62.8 cm³/mol. The van der Waals surface area contributed by atoms with E-state index in [-0.39, 0.29) is 11.4 Å². The number of rotatable bonds is 1. The highest BCUT2D eigenvalue weighted by Crippen LogP contribution is 2.25. The van der Waals surface area contributed by atoms with E-state index in [9.17, 15) is 0 Å². The van der Waals surface area contributed by atoms with Gasteiger partial charge in [0.1, 0.15) is 18.5 Å². The van der Waals surface area contributed by atoms with Crippen LogP contribution in [0.25, 0.3) is 16.7 Å². The average Bonchev–Trinajstić information content (AvgIpc) is 3.05. The van der Waals surface area contributed by atoms with Gasteiger partial charge < -0.3 is 5.73 Å². The van der Waals surface area contributed by atoms with Crippen LogP contribution >= 0.6 is 0 Å². The van der Waals surface area contributed by atoms with E-state index in [4.69, 9.17) is 16.3 Å². The lowest BCUT2D eigenvalue weighted by molar-refractivity contribution is 0.315. The number of anilines is 1. The number of nitriles is 2. The van der Waals surface area contributed by atoms with Gasteiger partial charge in [-0.2, -0.15) is 10.5 Å². The molecule has 3 rings (SSSR count). The van der Waals surface area contributed by atoms with E-state index in [1.54, 1.807) is 12.1 Å². The van der Waals surface area contributed by atoms with E-state index in [1.165, 1.54) is 10.9 Å². The number of fused-ring (bicyclic) bond motifs is 1. The molecule has 0 bridgehead atoms. The SMILES string of the molecule is N#Cc1ncn(-c2ccc(N)c3nonc23)c1C#N. The Morgan fingerprint density at radius 3 is 2.68 bits per heavy atom. The Hall–Kier alpha value is -3.39. The number of imidazole rings is 1. The third kappa shape index (κ3) is 1.41. The Balaban J connectivity index is 2.35. The summed E-state index contributed by atoms with van der Waals surface area (Å²) in [5.41, 5.74) is 7.65. The van der Waals surface area contributed by atoms with Crippen LogP contribution in [-0.2, 0) is 0 Å². The number of nitrogens with zero attached hydrogens (tertiary/aromatic N) is 6. The number of nitrogen functional groups attached to an aromatic ring is 1. The lowest BCUT2D eigenvalue weighted by atomic mass is 10.2. The van der Waals surface area contributed by atoms with Crippen molar-refractivity contribution in [3.63, 3.8) is 0 Å². The van der Waals surface area contributed by atoms with Crippen LogP contribution in [0.3, 0.4) is 0 Å². The van der Waals surface area contributed by atoms with Gasteiger partial charge in [0.15, 0.2) is 22.4 Å². The summed E-state index contributed by atoms with van der Waals surface area (Å²) < 4.78 is 6.10. The van der Waals surface area contributed by atoms with Crippen LogP contribution in [0.4, 0.5) is 5.69 Å². The van der Waals surface area contributed by atoms with Crippen molar-refractivity contribution in [2.75, 3.05) is 5.73 Å². The van der Waals surface area contributed by atoms with Crippen LogP contribution in [0.5, 0.6) is 0 Å². The van der Waals surface area contributed by atoms with Crippen molar-refractivity contribution in [3.05, 3.63) is 29.8 Å². The van der Waals surface area contributed by atoms with Crippen LogP contribution in [-0.4, -0.2) is 19.9 Å². The first kappa shape index (κ1) is 10.7. The van der Waals surface area contributed by atoms with Crippen molar-refractivity contribution in [2.45, 2.75) is 0 Å². The van der Waals surface area contributed by atoms with Crippen LogP contribution in [0.1, 0.15) is 11.4 Å². The number of hydrogen-bond acceptors (Lipinski definition) is 7. The predicted octanol–water partition coefficient (Wildman–Crippen LogP) is 0.734. The average molecular weight is 251 g/mol. The molecule has 0 spiro atoms. The molecule has 2 N–H and O–H groups in total. The summed E-state index contributed by atoms with van der Waals surface area (Å²) in [6.45, 7) is 0. The monoisotopic (exact) mass is 251 g/mol. The lowest BCUT2D eigenvalue weighted by Gasteiger charge is -2.04. The Morgan fingerprint density at radius 1 is 1.16 bits per heavy atom. The van der Waals surface area contributed by atoms with E-state index in [1.807, 2.05) is 12.1 Å². The Labute approximate surface area is 106 Å². The van der Waals surface area contributed by atoms with E-state index >= 15 is 0 Å². The molecular formula is C11H5N7O. The topological polar surface area (TPSA) is 130 Å². The zero-order valence-corrected chi connectivity index (χ0v) is 9.40. The molecule has 8 nitrogen and oxygen atoms in total. The van der Waals surface area contributed by atoms with Crippen molar-refractivity contribution in [1.29, 1.82) is 10.5 Å². The lowest BCUT2D eigenvalue weighted by Crippen LogP contribution is -1.99. The number of aromatic nitrogens is 4. The first-order valence-corrected chi connectivity index (χ1v) is 5.15. The van der Waals surface area contributed by atoms with E-state index in [2.05, 4.69) is 19.9 Å². The standard InChI is InChI=1S/C11H5N7O/c12-3-7-9(4-13)18(5-15-7)8-2-1-6(14)10-11(8)17-19-16-10/h1-2,5H,14H2. The molecule has 0 amide bonds. The molecule has 0 fully saturated rings. The summed E-state index contributed by atoms with van der Waals surface area (Å²) in [5, 5.41) is 25.4. The van der Waals surface area contributed by atoms with Crippen LogP contribution in [0, 0.1) is 22.7 Å². The van der Waals surface area contributed by atoms with Gasteiger partial charge in [-0.1, -0.05) is 0 Å². The van der Waals surface area contributed by atoms with Gasteiger partial charge in [0.25, 0.3) is 0 Å². The molecule has 0 atom stereocenters. The smallest absolute Gasteiger partial charge is 0.177 e. The van der Waals surface area contributed by atoms with E-state index in [0.717, 1.165) is 0 Å². The minimum absolute atomic E-state index is 0.0453. The minimum atomic E-state index is 0.0453. The number of benzene rings is 1. The maximum absolute atomic E-state index is 9.11. The molecule has 0 unspecified atom stereocenters. The molecule has 90 valence electrons. The van der Waals surface area contributed by atoms with Crippen molar-refractivity contribution in [1.82, 2.24) is 19.9 Å². The fourth-order valence-corrected chi connectivity index (χ4v) is 1.79. The van der Waals surface area contributed by atoms with Gasteiger partial charge in [0.05, 0.1) is 11.4 Å². The highest BCUT2D eigenvalue weighted by atomic mass is 16.6. The Morgan fingerprint density at radius 2 is 1.95 bits per heavy atom. The van der Waals surface area contributed by atoms with Crippen molar-refractivity contribution in [2.24, 2.45) is 0 Å². The zero-order chi connectivity index (χ0) is 13.4. The summed E-state index contributed by atoms with van der Waals surface area (Å²) >= 11 is 0. The van der Waals surface area contributed by atoms with Gasteiger partial charge in [0.2, 0.25) is 0 Å². The van der Waals surface area contributed by atoms with Crippen molar-refractivity contribution in [3.8, 4) is 17.8 Å². The van der Waals surface area contributed by atoms with Crippen molar-refractivity contribution >= 4 is 16.7 Å². The molecule has 19 heavy (non-hydrogen) atoms. The molecule has 2 heterocycles. The largest absolute Gasteiger partial charge is 0.397 e. The van der Waals surface area contributed by atoms with Gasteiger partial charge in [0, 0.05) is 0 Å². The fourth-order valence-electron chi connectivity index (χ4n) is 1.79. The third-order valence-electron chi connectivity index (χ3n) is 2.66. The number of hydrogen-bond donors (Lipinski definition) is 1. The van der Waals surface area contributed by atoms with Gasteiger partial charge in [-0.15, -0.1) is 0 Å². The Bertz CT molecular complexity index is 861. The first-order valence-electron chi connectivity index (χ1n) is 5.15. The molecule has 0 saturated heterocycles. The molecule has 3 aromatic rings. The second kappa shape index (κ2) is 3.82. The van der Waals surface area contributed by atoms with E-state index < -0.39 is 0 Å². The quantitative estimate of drug-likeness (QED) is 0.630. The molecule has 0 aliphatic rings. The summed E-state index contributed by atoms with van der Waals surface area (Å²) in [7, 11) is 0. The molecule has 8 heteroatoms. The maximum atomic E-state index is 9.11. The van der Waals surface area contributed by atoms with Crippen molar-refractivity contribution < 1.29 is 4.63 Å². The summed E-state index contributed by atoms with van der Waals surface area (Å²) in [6, 6.07) is 7.06. The Kier molecular flexibility index (Phi) is 2.16. The normalized spacial score (nSPS) is 10.2. The molecule has 0 radical (unpaired) electrons. The highest BCUT2D eigenvalue weighted by Gasteiger charge is 2.17. The van der Waals surface area contributed by atoms with Gasteiger partial charge in [-0.3, -0.25) is 4.57 Å². The van der Waals surface area contributed by atoms with Gasteiger partial charge in [-0.25, -0.2) is 9.61 Å². The summed E-state index contributed by atoms with van der Waals surface area (Å²) in [4.78, 5) is 3.86. The molecule has 0 aliphatic carbocycles. The zero-order valence-electron chi connectivity index (χ0n) is 9.40. The highest BCUT2D eigenvalue weighted by molar-refractivity contribution is 5.92. The molecule has 0 aliphatic heterocycles. The second-order valence-corrected chi connectivity index (χ2v) is 3.67. The van der Waals surface area contributed by atoms with Gasteiger partial charge >= 0.3 is 0 Å². The minimum Gasteiger partial charge on any atom is -0.397 e. The second-order valence-electron chi connectivity index (χ2n) is 3.67. The molecule has 2 aromatic heterocycles. The maximum Gasteiger partial charge on any atom is 0.177 e. The molecule has 1 aromatic carbocycles. The van der Waals surface area contributed by atoms with E-state index in [0.29, 0.717) is 22.4 Å². The number of nitrogens with two attached hydrogens (primary N) is 1. The third-order valence-corrected chi connectivity index (χ3v) is 2.66. The van der Waals surface area contributed by atoms with Crippen LogP contribution in [0.15, 0.2) is 23.1 Å².